The van der Waals surface area contributed by atoms with E-state index in [0.717, 1.165) is 34.8 Å². The van der Waals surface area contributed by atoms with Crippen molar-refractivity contribution in [3.63, 3.8) is 0 Å². The highest BCUT2D eigenvalue weighted by molar-refractivity contribution is 5.37. The summed E-state index contributed by atoms with van der Waals surface area (Å²) in [5, 5.41) is 19.9. The molecule has 0 bridgehead atoms. The zero-order valence-electron chi connectivity index (χ0n) is 19.3. The standard InChI is InChI=1S/C27H44O2/c1-18(2)8-6-9-19(3)23-13-14-24-21(10-7-15-27(23,24)5)11-12-22-17-26(29)25(28)16-20(22)4/h11-12,18-19,23-26,28-29H,4,6-10,13-17H2,1-3,5H3/b21-11?,22-12-/t19-,23-,24?,25-,26-,27-/m1/s1. The average molecular weight is 401 g/mol. The van der Waals surface area contributed by atoms with Gasteiger partial charge in [-0.25, -0.2) is 0 Å². The highest BCUT2D eigenvalue weighted by atomic mass is 16.3. The Hall–Kier alpha value is -0.860. The molecule has 6 atom stereocenters. The number of aliphatic hydroxyl groups excluding tert-OH is 2. The molecule has 3 saturated carbocycles. The molecule has 0 heterocycles. The third-order valence-corrected chi connectivity index (χ3v) is 8.45. The van der Waals surface area contributed by atoms with Crippen molar-refractivity contribution in [2.24, 2.45) is 29.1 Å². The molecule has 0 amide bonds. The fraction of sp³-hybridized carbons (Fsp3) is 0.778. The Morgan fingerprint density at radius 1 is 1.07 bits per heavy atom. The summed E-state index contributed by atoms with van der Waals surface area (Å²) in [6.07, 6.45) is 15.0. The Morgan fingerprint density at radius 3 is 2.52 bits per heavy atom. The van der Waals surface area contributed by atoms with Gasteiger partial charge in [0.2, 0.25) is 0 Å². The summed E-state index contributed by atoms with van der Waals surface area (Å²) in [6.45, 7) is 13.9. The van der Waals surface area contributed by atoms with Crippen molar-refractivity contribution >= 4 is 0 Å². The van der Waals surface area contributed by atoms with Gasteiger partial charge in [0.25, 0.3) is 0 Å². The third-order valence-electron chi connectivity index (χ3n) is 8.45. The van der Waals surface area contributed by atoms with Crippen LogP contribution in [0.4, 0.5) is 0 Å². The van der Waals surface area contributed by atoms with Crippen LogP contribution in [0.25, 0.3) is 0 Å². The molecule has 3 rings (SSSR count). The van der Waals surface area contributed by atoms with Crippen molar-refractivity contribution in [3.8, 4) is 0 Å². The monoisotopic (exact) mass is 400 g/mol. The van der Waals surface area contributed by atoms with Gasteiger partial charge in [0.15, 0.2) is 0 Å². The van der Waals surface area contributed by atoms with Crippen molar-refractivity contribution in [3.05, 3.63) is 35.5 Å². The number of hydrogen-bond donors (Lipinski definition) is 2. The Kier molecular flexibility index (Phi) is 7.49. The second kappa shape index (κ2) is 9.52. The molecule has 2 heteroatoms. The van der Waals surface area contributed by atoms with Gasteiger partial charge in [-0.3, -0.25) is 0 Å². The first-order valence-corrected chi connectivity index (χ1v) is 12.2. The van der Waals surface area contributed by atoms with Gasteiger partial charge in [-0.1, -0.05) is 71.3 Å². The Bertz CT molecular complexity index is 643. The third kappa shape index (κ3) is 5.07. The SMILES string of the molecule is C=C1C[C@@H](O)[C@H](O)C/C1=C/C=C1CCC[C@@]2(C)C1CC[C@@H]2[C@H](C)CCCC(C)C. The van der Waals surface area contributed by atoms with Crippen LogP contribution >= 0.6 is 0 Å². The molecule has 3 aliphatic rings. The summed E-state index contributed by atoms with van der Waals surface area (Å²) >= 11 is 0. The van der Waals surface area contributed by atoms with Crippen LogP contribution in [0.15, 0.2) is 35.5 Å². The number of allylic oxidation sites excluding steroid dienone is 3. The Labute approximate surface area is 179 Å². The number of aliphatic hydroxyl groups is 2. The lowest BCUT2D eigenvalue weighted by Crippen LogP contribution is -2.36. The van der Waals surface area contributed by atoms with Gasteiger partial charge in [-0.2, -0.15) is 0 Å². The fourth-order valence-corrected chi connectivity index (χ4v) is 6.68. The maximum Gasteiger partial charge on any atom is 0.0842 e. The molecule has 0 spiro atoms. The molecule has 164 valence electrons. The molecule has 0 aliphatic heterocycles. The van der Waals surface area contributed by atoms with Crippen molar-refractivity contribution in [2.45, 2.75) is 104 Å². The maximum absolute atomic E-state index is 10.0. The summed E-state index contributed by atoms with van der Waals surface area (Å²) < 4.78 is 0. The summed E-state index contributed by atoms with van der Waals surface area (Å²) in [6, 6.07) is 0. The van der Waals surface area contributed by atoms with Crippen LogP contribution in [0.5, 0.6) is 0 Å². The molecule has 29 heavy (non-hydrogen) atoms. The van der Waals surface area contributed by atoms with Gasteiger partial charge in [0, 0.05) is 12.8 Å². The summed E-state index contributed by atoms with van der Waals surface area (Å²) in [7, 11) is 0. The molecule has 3 fully saturated rings. The topological polar surface area (TPSA) is 40.5 Å². The molecule has 0 aromatic carbocycles. The van der Waals surface area contributed by atoms with E-state index >= 15 is 0 Å². The van der Waals surface area contributed by atoms with Gasteiger partial charge in [-0.15, -0.1) is 0 Å². The van der Waals surface area contributed by atoms with Gasteiger partial charge >= 0.3 is 0 Å². The zero-order chi connectivity index (χ0) is 21.2. The number of rotatable bonds is 6. The first-order chi connectivity index (χ1) is 13.7. The molecule has 0 radical (unpaired) electrons. The molecule has 2 N–H and O–H groups in total. The van der Waals surface area contributed by atoms with E-state index in [0.29, 0.717) is 18.3 Å². The van der Waals surface area contributed by atoms with Gasteiger partial charge < -0.3 is 10.2 Å². The molecular formula is C27H44O2. The fourth-order valence-electron chi connectivity index (χ4n) is 6.68. The lowest BCUT2D eigenvalue weighted by molar-refractivity contribution is 0.0138. The van der Waals surface area contributed by atoms with E-state index in [1.807, 2.05) is 0 Å². The second-order valence-corrected chi connectivity index (χ2v) is 11.0. The van der Waals surface area contributed by atoms with Crippen LogP contribution in [-0.4, -0.2) is 22.4 Å². The highest BCUT2D eigenvalue weighted by Gasteiger charge is 2.50. The summed E-state index contributed by atoms with van der Waals surface area (Å²) in [5.74, 6) is 3.23. The Balaban J connectivity index is 1.70. The van der Waals surface area contributed by atoms with Gasteiger partial charge in [0.05, 0.1) is 12.2 Å². The van der Waals surface area contributed by atoms with Gasteiger partial charge in [-0.05, 0) is 72.3 Å². The average Bonchev–Trinajstić information content (AvgIpc) is 3.01. The molecule has 0 aromatic heterocycles. The predicted octanol–water partition coefficient (Wildman–Crippen LogP) is 6.59. The van der Waals surface area contributed by atoms with Crippen LogP contribution in [-0.2, 0) is 0 Å². The summed E-state index contributed by atoms with van der Waals surface area (Å²) in [4.78, 5) is 0. The van der Waals surface area contributed by atoms with Crippen LogP contribution in [0.2, 0.25) is 0 Å². The van der Waals surface area contributed by atoms with Crippen molar-refractivity contribution in [1.82, 2.24) is 0 Å². The second-order valence-electron chi connectivity index (χ2n) is 11.0. The molecule has 0 saturated heterocycles. The largest absolute Gasteiger partial charge is 0.390 e. The van der Waals surface area contributed by atoms with Crippen molar-refractivity contribution < 1.29 is 10.2 Å². The molecular weight excluding hydrogens is 356 g/mol. The lowest BCUT2D eigenvalue weighted by Gasteiger charge is -2.44. The smallest absolute Gasteiger partial charge is 0.0842 e. The zero-order valence-corrected chi connectivity index (χ0v) is 19.3. The minimum Gasteiger partial charge on any atom is -0.390 e. The van der Waals surface area contributed by atoms with Crippen LogP contribution in [0.3, 0.4) is 0 Å². The van der Waals surface area contributed by atoms with Crippen LogP contribution in [0.1, 0.15) is 91.9 Å². The minimum atomic E-state index is -0.655. The van der Waals surface area contributed by atoms with E-state index in [2.05, 4.69) is 46.4 Å². The lowest BCUT2D eigenvalue weighted by atomic mass is 9.60. The van der Waals surface area contributed by atoms with E-state index in [4.69, 9.17) is 0 Å². The van der Waals surface area contributed by atoms with E-state index in [1.165, 1.54) is 51.4 Å². The predicted molar refractivity (Wildman–Crippen MR) is 123 cm³/mol. The number of hydrogen-bond acceptors (Lipinski definition) is 2. The molecule has 1 unspecified atom stereocenters. The van der Waals surface area contributed by atoms with Gasteiger partial charge in [0.1, 0.15) is 0 Å². The maximum atomic E-state index is 10.0. The highest BCUT2D eigenvalue weighted by Crippen LogP contribution is 2.59. The van der Waals surface area contributed by atoms with Crippen LogP contribution < -0.4 is 0 Å². The van der Waals surface area contributed by atoms with E-state index in [-0.39, 0.29) is 0 Å². The summed E-state index contributed by atoms with van der Waals surface area (Å²) in [5.41, 5.74) is 4.19. The Morgan fingerprint density at radius 2 is 1.79 bits per heavy atom. The molecule has 2 nitrogen and oxygen atoms in total. The quantitative estimate of drug-likeness (QED) is 0.528. The van der Waals surface area contributed by atoms with E-state index in [1.54, 1.807) is 5.57 Å². The van der Waals surface area contributed by atoms with E-state index in [9.17, 15) is 10.2 Å². The minimum absolute atomic E-state index is 0.457. The first kappa shape index (κ1) is 22.8. The van der Waals surface area contributed by atoms with Crippen molar-refractivity contribution in [2.75, 3.05) is 0 Å². The first-order valence-electron chi connectivity index (χ1n) is 12.2. The molecule has 3 aliphatic carbocycles. The number of fused-ring (bicyclic) bond motifs is 1. The van der Waals surface area contributed by atoms with Crippen LogP contribution in [0, 0.1) is 29.1 Å². The normalized spacial score (nSPS) is 39.3. The molecule has 0 aromatic rings. The van der Waals surface area contributed by atoms with E-state index < -0.39 is 12.2 Å². The van der Waals surface area contributed by atoms with Crippen molar-refractivity contribution in [1.29, 1.82) is 0 Å².